The summed E-state index contributed by atoms with van der Waals surface area (Å²) in [6.45, 7) is 3.37. The number of esters is 1. The topological polar surface area (TPSA) is 41.6 Å². The summed E-state index contributed by atoms with van der Waals surface area (Å²) in [6, 6.07) is 1.46. The number of rotatable bonds is 7. The average molecular weight is 240 g/mol. The Bertz CT molecular complexity index is 248. The molecule has 2 aliphatic rings. The van der Waals surface area contributed by atoms with Gasteiger partial charge in [0.05, 0.1) is 7.11 Å². The van der Waals surface area contributed by atoms with Gasteiger partial charge < -0.3 is 10.1 Å². The molecule has 0 aromatic heterocycles. The van der Waals surface area contributed by atoms with E-state index in [0.717, 1.165) is 25.6 Å². The highest BCUT2D eigenvalue weighted by Crippen LogP contribution is 2.27. The van der Waals surface area contributed by atoms with Crippen molar-refractivity contribution in [2.24, 2.45) is 0 Å². The maximum Gasteiger partial charge on any atom is 0.305 e. The monoisotopic (exact) mass is 240 g/mol. The lowest BCUT2D eigenvalue weighted by Gasteiger charge is -2.25. The van der Waals surface area contributed by atoms with Crippen molar-refractivity contribution < 1.29 is 9.53 Å². The minimum absolute atomic E-state index is 0.0836. The molecule has 1 heterocycles. The van der Waals surface area contributed by atoms with E-state index in [2.05, 4.69) is 15.0 Å². The summed E-state index contributed by atoms with van der Waals surface area (Å²) in [5, 5.41) is 3.55. The number of carbonyl (C=O) groups is 1. The van der Waals surface area contributed by atoms with Gasteiger partial charge >= 0.3 is 5.97 Å². The van der Waals surface area contributed by atoms with Gasteiger partial charge in [0.1, 0.15) is 0 Å². The summed E-state index contributed by atoms with van der Waals surface area (Å²) in [7, 11) is 1.46. The van der Waals surface area contributed by atoms with E-state index in [1.165, 1.54) is 39.3 Å². The molecule has 1 saturated carbocycles. The molecule has 98 valence electrons. The summed E-state index contributed by atoms with van der Waals surface area (Å²) in [6.07, 6.45) is 6.77. The predicted octanol–water partition coefficient (Wildman–Crippen LogP) is 1.16. The van der Waals surface area contributed by atoms with Crippen LogP contribution in [0.25, 0.3) is 0 Å². The van der Waals surface area contributed by atoms with Crippen LogP contribution < -0.4 is 5.32 Å². The summed E-state index contributed by atoms with van der Waals surface area (Å²) in [5.41, 5.74) is 0. The highest BCUT2D eigenvalue weighted by Gasteiger charge is 2.30. The number of methoxy groups -OCH3 is 1. The molecule has 4 nitrogen and oxygen atoms in total. The highest BCUT2D eigenvalue weighted by molar-refractivity contribution is 5.69. The molecule has 2 rings (SSSR count). The van der Waals surface area contributed by atoms with Gasteiger partial charge in [0.2, 0.25) is 0 Å². The molecule has 1 saturated heterocycles. The second-order valence-corrected chi connectivity index (χ2v) is 5.20. The van der Waals surface area contributed by atoms with E-state index in [1.54, 1.807) is 0 Å². The van der Waals surface area contributed by atoms with Crippen LogP contribution in [0.4, 0.5) is 0 Å². The van der Waals surface area contributed by atoms with Gasteiger partial charge in [-0.3, -0.25) is 9.69 Å². The molecule has 4 heteroatoms. The van der Waals surface area contributed by atoms with Gasteiger partial charge in [-0.2, -0.15) is 0 Å². The maximum atomic E-state index is 11.1. The second kappa shape index (κ2) is 6.36. The van der Waals surface area contributed by atoms with Gasteiger partial charge in [-0.05, 0) is 45.2 Å². The highest BCUT2D eigenvalue weighted by atomic mass is 16.5. The number of hydrogen-bond acceptors (Lipinski definition) is 4. The Kier molecular flexibility index (Phi) is 4.80. The van der Waals surface area contributed by atoms with Crippen LogP contribution >= 0.6 is 0 Å². The van der Waals surface area contributed by atoms with E-state index < -0.39 is 0 Å². The summed E-state index contributed by atoms with van der Waals surface area (Å²) >= 11 is 0. The first-order chi connectivity index (χ1) is 8.29. The van der Waals surface area contributed by atoms with Crippen LogP contribution in [0, 0.1) is 0 Å². The number of nitrogens with one attached hydrogen (secondary N) is 1. The minimum atomic E-state index is -0.0836. The summed E-state index contributed by atoms with van der Waals surface area (Å²) in [5.74, 6) is -0.0836. The van der Waals surface area contributed by atoms with Crippen LogP contribution in [-0.2, 0) is 9.53 Å². The third-order valence-electron chi connectivity index (χ3n) is 3.73. The number of nitrogens with zero attached hydrogens (tertiary/aromatic N) is 1. The molecule has 0 aromatic rings. The Balaban J connectivity index is 1.67. The Labute approximate surface area is 104 Å². The fourth-order valence-corrected chi connectivity index (χ4v) is 2.59. The van der Waals surface area contributed by atoms with Crippen molar-refractivity contribution in [2.75, 3.05) is 26.7 Å². The normalized spacial score (nSPS) is 24.2. The summed E-state index contributed by atoms with van der Waals surface area (Å²) < 4.78 is 4.67. The maximum absolute atomic E-state index is 11.1. The third kappa shape index (κ3) is 4.28. The van der Waals surface area contributed by atoms with E-state index in [1.807, 2.05) is 0 Å². The Morgan fingerprint density at radius 2 is 2.24 bits per heavy atom. The van der Waals surface area contributed by atoms with E-state index in [9.17, 15) is 4.79 Å². The van der Waals surface area contributed by atoms with Crippen molar-refractivity contribution in [1.29, 1.82) is 0 Å². The van der Waals surface area contributed by atoms with Crippen molar-refractivity contribution in [1.82, 2.24) is 10.2 Å². The van der Waals surface area contributed by atoms with Gasteiger partial charge in [-0.25, -0.2) is 0 Å². The Morgan fingerprint density at radius 3 is 2.82 bits per heavy atom. The molecule has 1 unspecified atom stereocenters. The van der Waals surface area contributed by atoms with Gasteiger partial charge in [0, 0.05) is 25.0 Å². The predicted molar refractivity (Wildman–Crippen MR) is 66.9 cm³/mol. The van der Waals surface area contributed by atoms with Crippen LogP contribution in [-0.4, -0.2) is 49.7 Å². The molecule has 1 atom stereocenters. The molecule has 0 bridgehead atoms. The zero-order chi connectivity index (χ0) is 12.1. The van der Waals surface area contributed by atoms with Gasteiger partial charge in [-0.1, -0.05) is 0 Å². The largest absolute Gasteiger partial charge is 0.469 e. The first-order valence-electron chi connectivity index (χ1n) is 6.84. The molecular formula is C13H24N2O2. The van der Waals surface area contributed by atoms with E-state index in [4.69, 9.17) is 0 Å². The standard InChI is InChI=1S/C13H24N2O2/c1-17-13(16)5-3-9-15(12-6-7-12)10-11-4-2-8-14-11/h11-12,14H,2-10H2,1H3. The number of carbonyl (C=O) groups excluding carboxylic acids is 1. The first-order valence-corrected chi connectivity index (χ1v) is 6.84. The van der Waals surface area contributed by atoms with Gasteiger partial charge in [0.15, 0.2) is 0 Å². The van der Waals surface area contributed by atoms with E-state index >= 15 is 0 Å². The zero-order valence-corrected chi connectivity index (χ0v) is 10.8. The molecular weight excluding hydrogens is 216 g/mol. The zero-order valence-electron chi connectivity index (χ0n) is 10.8. The van der Waals surface area contributed by atoms with E-state index in [0.29, 0.717) is 12.5 Å². The van der Waals surface area contributed by atoms with Crippen molar-refractivity contribution >= 4 is 5.97 Å². The molecule has 0 amide bonds. The molecule has 0 aromatic carbocycles. The lowest BCUT2D eigenvalue weighted by atomic mass is 10.2. The van der Waals surface area contributed by atoms with Crippen LogP contribution in [0.5, 0.6) is 0 Å². The van der Waals surface area contributed by atoms with Crippen LogP contribution in [0.1, 0.15) is 38.5 Å². The Morgan fingerprint density at radius 1 is 1.41 bits per heavy atom. The third-order valence-corrected chi connectivity index (χ3v) is 3.73. The van der Waals surface area contributed by atoms with E-state index in [-0.39, 0.29) is 5.97 Å². The van der Waals surface area contributed by atoms with Crippen molar-refractivity contribution in [3.8, 4) is 0 Å². The SMILES string of the molecule is COC(=O)CCCN(CC1CCCN1)C1CC1. The average Bonchev–Trinajstić information content (AvgIpc) is 3.06. The Hall–Kier alpha value is -0.610. The van der Waals surface area contributed by atoms with Crippen molar-refractivity contribution in [3.05, 3.63) is 0 Å². The quantitative estimate of drug-likeness (QED) is 0.678. The molecule has 0 radical (unpaired) electrons. The van der Waals surface area contributed by atoms with Gasteiger partial charge in [-0.15, -0.1) is 0 Å². The molecule has 2 fully saturated rings. The lowest BCUT2D eigenvalue weighted by Crippen LogP contribution is -2.39. The molecule has 1 aliphatic carbocycles. The van der Waals surface area contributed by atoms with Crippen molar-refractivity contribution in [2.45, 2.75) is 50.6 Å². The van der Waals surface area contributed by atoms with Crippen molar-refractivity contribution in [3.63, 3.8) is 0 Å². The van der Waals surface area contributed by atoms with Crippen LogP contribution in [0.3, 0.4) is 0 Å². The van der Waals surface area contributed by atoms with Crippen LogP contribution in [0.2, 0.25) is 0 Å². The molecule has 0 spiro atoms. The lowest BCUT2D eigenvalue weighted by molar-refractivity contribution is -0.140. The minimum Gasteiger partial charge on any atom is -0.469 e. The second-order valence-electron chi connectivity index (χ2n) is 5.20. The first kappa shape index (κ1) is 12.8. The fraction of sp³-hybridized carbons (Fsp3) is 0.923. The molecule has 1 aliphatic heterocycles. The molecule has 1 N–H and O–H groups in total. The van der Waals surface area contributed by atoms with Gasteiger partial charge in [0.25, 0.3) is 0 Å². The fourth-order valence-electron chi connectivity index (χ4n) is 2.59. The number of hydrogen-bond donors (Lipinski definition) is 1. The summed E-state index contributed by atoms with van der Waals surface area (Å²) in [4.78, 5) is 13.6. The number of ether oxygens (including phenoxy) is 1. The smallest absolute Gasteiger partial charge is 0.305 e. The molecule has 17 heavy (non-hydrogen) atoms. The van der Waals surface area contributed by atoms with Crippen LogP contribution in [0.15, 0.2) is 0 Å².